The third kappa shape index (κ3) is 4.73. The molecule has 0 radical (unpaired) electrons. The smallest absolute Gasteiger partial charge is 0.0897 e. The molecule has 1 aromatic carbocycles. The number of hydrogen-bond acceptors (Lipinski definition) is 3. The lowest BCUT2D eigenvalue weighted by Gasteiger charge is -2.17. The third-order valence-corrected chi connectivity index (χ3v) is 4.30. The van der Waals surface area contributed by atoms with E-state index in [-0.39, 0.29) is 0 Å². The van der Waals surface area contributed by atoms with Crippen LogP contribution in [0.15, 0.2) is 29.6 Å². The van der Waals surface area contributed by atoms with Crippen molar-refractivity contribution < 1.29 is 0 Å². The zero-order chi connectivity index (χ0) is 14.4. The van der Waals surface area contributed by atoms with E-state index in [4.69, 9.17) is 0 Å². The first kappa shape index (κ1) is 15.2. The van der Waals surface area contributed by atoms with Gasteiger partial charge in [-0.1, -0.05) is 36.8 Å². The van der Waals surface area contributed by atoms with E-state index in [0.717, 1.165) is 30.8 Å². The summed E-state index contributed by atoms with van der Waals surface area (Å²) in [5.41, 5.74) is 4.00. The van der Waals surface area contributed by atoms with Crippen LogP contribution in [-0.2, 0) is 12.8 Å². The molecule has 1 heterocycles. The minimum absolute atomic E-state index is 0.516. The zero-order valence-electron chi connectivity index (χ0n) is 12.6. The molecule has 0 aliphatic carbocycles. The molecule has 20 heavy (non-hydrogen) atoms. The lowest BCUT2D eigenvalue weighted by molar-refractivity contribution is 0.487. The first-order chi connectivity index (χ1) is 9.67. The quantitative estimate of drug-likeness (QED) is 0.835. The summed E-state index contributed by atoms with van der Waals surface area (Å²) < 4.78 is 0. The van der Waals surface area contributed by atoms with Gasteiger partial charge in [0.2, 0.25) is 0 Å². The standard InChI is InChI=1S/C17H24N2S/c1-4-18-16(11-17-12-20-14(3)19-17)9-8-15-7-5-6-13(2)10-15/h5-7,10,12,16,18H,4,8-9,11H2,1-3H3. The summed E-state index contributed by atoms with van der Waals surface area (Å²) >= 11 is 1.74. The Balaban J connectivity index is 1.91. The number of aryl methyl sites for hydroxylation is 3. The van der Waals surface area contributed by atoms with E-state index in [0.29, 0.717) is 6.04 Å². The van der Waals surface area contributed by atoms with Gasteiger partial charge in [-0.05, 0) is 38.8 Å². The predicted octanol–water partition coefficient (Wildman–Crippen LogP) is 3.91. The summed E-state index contributed by atoms with van der Waals surface area (Å²) in [7, 11) is 0. The fourth-order valence-corrected chi connectivity index (χ4v) is 3.15. The number of benzene rings is 1. The Hall–Kier alpha value is -1.19. The number of likely N-dealkylation sites (N-methyl/N-ethyl adjacent to an activating group) is 1. The molecule has 3 heteroatoms. The van der Waals surface area contributed by atoms with Crippen LogP contribution in [-0.4, -0.2) is 17.6 Å². The molecule has 0 saturated heterocycles. The summed E-state index contributed by atoms with van der Waals surface area (Å²) in [4.78, 5) is 4.58. The number of rotatable bonds is 7. The van der Waals surface area contributed by atoms with Gasteiger partial charge in [-0.2, -0.15) is 0 Å². The highest BCUT2D eigenvalue weighted by Gasteiger charge is 2.10. The van der Waals surface area contributed by atoms with Gasteiger partial charge in [0.25, 0.3) is 0 Å². The third-order valence-electron chi connectivity index (χ3n) is 3.48. The summed E-state index contributed by atoms with van der Waals surface area (Å²) in [5, 5.41) is 6.94. The van der Waals surface area contributed by atoms with Crippen LogP contribution in [0.4, 0.5) is 0 Å². The molecule has 0 aliphatic heterocycles. The van der Waals surface area contributed by atoms with Crippen LogP contribution in [0.3, 0.4) is 0 Å². The minimum Gasteiger partial charge on any atom is -0.314 e. The molecule has 0 bridgehead atoms. The first-order valence-electron chi connectivity index (χ1n) is 7.37. The molecule has 2 aromatic rings. The van der Waals surface area contributed by atoms with Crippen molar-refractivity contribution >= 4 is 11.3 Å². The topological polar surface area (TPSA) is 24.9 Å². The van der Waals surface area contributed by atoms with Gasteiger partial charge in [-0.15, -0.1) is 11.3 Å². The van der Waals surface area contributed by atoms with Gasteiger partial charge < -0.3 is 5.32 Å². The normalized spacial score (nSPS) is 12.6. The molecule has 2 nitrogen and oxygen atoms in total. The molecule has 1 N–H and O–H groups in total. The predicted molar refractivity (Wildman–Crippen MR) is 87.5 cm³/mol. The van der Waals surface area contributed by atoms with Crippen molar-refractivity contribution in [1.29, 1.82) is 0 Å². The van der Waals surface area contributed by atoms with E-state index >= 15 is 0 Å². The maximum Gasteiger partial charge on any atom is 0.0897 e. The van der Waals surface area contributed by atoms with E-state index in [2.05, 4.69) is 60.7 Å². The van der Waals surface area contributed by atoms with Crippen molar-refractivity contribution in [2.24, 2.45) is 0 Å². The molecule has 108 valence electrons. The fraction of sp³-hybridized carbons (Fsp3) is 0.471. The summed E-state index contributed by atoms with van der Waals surface area (Å²) in [6, 6.07) is 9.33. The number of nitrogens with one attached hydrogen (secondary N) is 1. The molecule has 0 spiro atoms. The summed E-state index contributed by atoms with van der Waals surface area (Å²) in [6.45, 7) is 7.42. The fourth-order valence-electron chi connectivity index (χ4n) is 2.53. The van der Waals surface area contributed by atoms with E-state index in [1.807, 2.05) is 0 Å². The van der Waals surface area contributed by atoms with Gasteiger partial charge >= 0.3 is 0 Å². The molecule has 1 unspecified atom stereocenters. The Bertz CT molecular complexity index is 533. The molecule has 1 aromatic heterocycles. The van der Waals surface area contributed by atoms with Gasteiger partial charge in [-0.3, -0.25) is 0 Å². The lowest BCUT2D eigenvalue weighted by atomic mass is 10.0. The molecule has 0 saturated carbocycles. The lowest BCUT2D eigenvalue weighted by Crippen LogP contribution is -2.31. The Labute approximate surface area is 126 Å². The Morgan fingerprint density at radius 2 is 2.15 bits per heavy atom. The van der Waals surface area contributed by atoms with Crippen LogP contribution in [0.2, 0.25) is 0 Å². The van der Waals surface area contributed by atoms with E-state index in [9.17, 15) is 0 Å². The molecule has 2 rings (SSSR count). The van der Waals surface area contributed by atoms with E-state index in [1.165, 1.54) is 16.8 Å². The largest absolute Gasteiger partial charge is 0.314 e. The monoisotopic (exact) mass is 288 g/mol. The second-order valence-electron chi connectivity index (χ2n) is 5.34. The van der Waals surface area contributed by atoms with Crippen molar-refractivity contribution in [2.45, 2.75) is 46.1 Å². The second-order valence-corrected chi connectivity index (χ2v) is 6.41. The van der Waals surface area contributed by atoms with Gasteiger partial charge in [0.15, 0.2) is 0 Å². The molecule has 0 aliphatic rings. The second kappa shape index (κ2) is 7.55. The summed E-state index contributed by atoms with van der Waals surface area (Å²) in [6.07, 6.45) is 3.32. The van der Waals surface area contributed by atoms with Crippen LogP contribution >= 0.6 is 11.3 Å². The highest BCUT2D eigenvalue weighted by atomic mass is 32.1. The van der Waals surface area contributed by atoms with Crippen LogP contribution in [0, 0.1) is 13.8 Å². The number of thiazole rings is 1. The van der Waals surface area contributed by atoms with Crippen molar-refractivity contribution in [3.05, 3.63) is 51.5 Å². The Morgan fingerprint density at radius 3 is 2.80 bits per heavy atom. The molecule has 1 atom stereocenters. The van der Waals surface area contributed by atoms with Crippen LogP contribution < -0.4 is 5.32 Å². The van der Waals surface area contributed by atoms with Crippen molar-refractivity contribution in [1.82, 2.24) is 10.3 Å². The number of nitrogens with zero attached hydrogens (tertiary/aromatic N) is 1. The molecular weight excluding hydrogens is 264 g/mol. The van der Waals surface area contributed by atoms with Crippen LogP contribution in [0.1, 0.15) is 35.2 Å². The van der Waals surface area contributed by atoms with E-state index in [1.54, 1.807) is 11.3 Å². The minimum atomic E-state index is 0.516. The molecule has 0 fully saturated rings. The average molecular weight is 288 g/mol. The Kier molecular flexibility index (Phi) is 5.74. The average Bonchev–Trinajstić information content (AvgIpc) is 2.82. The van der Waals surface area contributed by atoms with Crippen LogP contribution in [0.5, 0.6) is 0 Å². The first-order valence-corrected chi connectivity index (χ1v) is 8.25. The number of aromatic nitrogens is 1. The maximum atomic E-state index is 4.58. The van der Waals surface area contributed by atoms with Crippen molar-refractivity contribution in [3.63, 3.8) is 0 Å². The molecule has 0 amide bonds. The maximum absolute atomic E-state index is 4.58. The molecular formula is C17H24N2S. The highest BCUT2D eigenvalue weighted by molar-refractivity contribution is 7.09. The van der Waals surface area contributed by atoms with Crippen molar-refractivity contribution in [3.8, 4) is 0 Å². The van der Waals surface area contributed by atoms with E-state index < -0.39 is 0 Å². The SMILES string of the molecule is CCNC(CCc1cccc(C)c1)Cc1csc(C)n1. The van der Waals surface area contributed by atoms with Gasteiger partial charge in [0.05, 0.1) is 10.7 Å². The summed E-state index contributed by atoms with van der Waals surface area (Å²) in [5.74, 6) is 0. The zero-order valence-corrected chi connectivity index (χ0v) is 13.5. The Morgan fingerprint density at radius 1 is 1.30 bits per heavy atom. The van der Waals surface area contributed by atoms with Crippen molar-refractivity contribution in [2.75, 3.05) is 6.54 Å². The van der Waals surface area contributed by atoms with Gasteiger partial charge in [-0.25, -0.2) is 4.98 Å². The van der Waals surface area contributed by atoms with Crippen LogP contribution in [0.25, 0.3) is 0 Å². The highest BCUT2D eigenvalue weighted by Crippen LogP contribution is 2.14. The number of hydrogen-bond donors (Lipinski definition) is 1. The van der Waals surface area contributed by atoms with Gasteiger partial charge in [0.1, 0.15) is 0 Å². The van der Waals surface area contributed by atoms with Gasteiger partial charge in [0, 0.05) is 17.8 Å².